The van der Waals surface area contributed by atoms with Crippen molar-refractivity contribution in [2.45, 2.75) is 6.92 Å². The summed E-state index contributed by atoms with van der Waals surface area (Å²) in [5.74, 6) is -3.17. The number of aliphatic hydroxyl groups excluding tert-OH is 1. The highest BCUT2D eigenvalue weighted by molar-refractivity contribution is 6.25. The van der Waals surface area contributed by atoms with Gasteiger partial charge in [0.05, 0.1) is 12.8 Å². The van der Waals surface area contributed by atoms with Gasteiger partial charge < -0.3 is 9.84 Å². The first-order chi connectivity index (χ1) is 12.0. The van der Waals surface area contributed by atoms with E-state index in [1.165, 1.54) is 18.2 Å². The first-order valence-electron chi connectivity index (χ1n) is 7.48. The van der Waals surface area contributed by atoms with Crippen molar-refractivity contribution in [3.05, 3.63) is 83.3 Å². The van der Waals surface area contributed by atoms with Crippen LogP contribution in [0.1, 0.15) is 17.3 Å². The van der Waals surface area contributed by atoms with Crippen LogP contribution in [0.15, 0.2) is 77.7 Å². The highest BCUT2D eigenvalue weighted by Crippen LogP contribution is 2.30. The first kappa shape index (κ1) is 17.9. The van der Waals surface area contributed by atoms with Crippen molar-refractivity contribution in [3.63, 3.8) is 0 Å². The topological polar surface area (TPSA) is 83.9 Å². The Morgan fingerprint density at radius 3 is 2.40 bits per heavy atom. The summed E-state index contributed by atoms with van der Waals surface area (Å²) in [6, 6.07) is 8.11. The molecule has 1 aliphatic rings. The van der Waals surface area contributed by atoms with E-state index in [9.17, 15) is 19.5 Å². The lowest BCUT2D eigenvalue weighted by Crippen LogP contribution is -2.34. The molecule has 1 N–H and O–H groups in total. The molecule has 1 aromatic carbocycles. The van der Waals surface area contributed by atoms with Gasteiger partial charge in [0.1, 0.15) is 0 Å². The number of carbonyl (C=O) groups is 3. The standard InChI is InChI=1S/C19H17NO5/c1-3-4-5-9-12-14-16(21)15(19(24)25-2)18(23)20(14)17(22)13-10-7-6-8-11-13/h3-12,21H,1-2H3/b4-3+,9-5+,14-12+. The van der Waals surface area contributed by atoms with Gasteiger partial charge in [0.25, 0.3) is 11.8 Å². The number of imide groups is 1. The maximum atomic E-state index is 12.7. The van der Waals surface area contributed by atoms with E-state index in [1.54, 1.807) is 42.5 Å². The average Bonchev–Trinajstić information content (AvgIpc) is 2.88. The van der Waals surface area contributed by atoms with E-state index in [-0.39, 0.29) is 11.3 Å². The summed E-state index contributed by atoms with van der Waals surface area (Å²) < 4.78 is 4.53. The quantitative estimate of drug-likeness (QED) is 0.395. The molecule has 0 spiro atoms. The molecule has 0 aromatic heterocycles. The van der Waals surface area contributed by atoms with E-state index in [0.29, 0.717) is 0 Å². The molecule has 1 aliphatic heterocycles. The van der Waals surface area contributed by atoms with Crippen molar-refractivity contribution in [2.24, 2.45) is 0 Å². The SMILES string of the molecule is C/C=C/C=C/C=C1\C(O)=C(C(=O)OC)C(=O)N1C(=O)c1ccccc1. The van der Waals surface area contributed by atoms with Crippen LogP contribution >= 0.6 is 0 Å². The normalized spacial score (nSPS) is 16.5. The third-order valence-electron chi connectivity index (χ3n) is 3.42. The Labute approximate surface area is 145 Å². The van der Waals surface area contributed by atoms with Crippen LogP contribution in [0.4, 0.5) is 0 Å². The van der Waals surface area contributed by atoms with Crippen molar-refractivity contribution in [1.82, 2.24) is 4.90 Å². The Hall–Kier alpha value is -3.41. The van der Waals surface area contributed by atoms with Gasteiger partial charge in [-0.2, -0.15) is 0 Å². The smallest absolute Gasteiger partial charge is 0.347 e. The van der Waals surface area contributed by atoms with Crippen LogP contribution in [0.2, 0.25) is 0 Å². The fourth-order valence-corrected chi connectivity index (χ4v) is 2.23. The van der Waals surface area contributed by atoms with E-state index in [0.717, 1.165) is 12.0 Å². The van der Waals surface area contributed by atoms with Gasteiger partial charge in [-0.05, 0) is 25.1 Å². The number of hydrogen-bond donors (Lipinski definition) is 1. The Kier molecular flexibility index (Phi) is 5.68. The van der Waals surface area contributed by atoms with Crippen LogP contribution in [0.5, 0.6) is 0 Å². The van der Waals surface area contributed by atoms with E-state index >= 15 is 0 Å². The summed E-state index contributed by atoms with van der Waals surface area (Å²) in [5, 5.41) is 10.3. The number of allylic oxidation sites excluding steroid dienone is 5. The summed E-state index contributed by atoms with van der Waals surface area (Å²) in [6.45, 7) is 1.83. The molecule has 25 heavy (non-hydrogen) atoms. The lowest BCUT2D eigenvalue weighted by Gasteiger charge is -2.16. The number of rotatable bonds is 4. The van der Waals surface area contributed by atoms with Gasteiger partial charge in [0, 0.05) is 5.56 Å². The van der Waals surface area contributed by atoms with Crippen LogP contribution in [-0.4, -0.2) is 34.9 Å². The first-order valence-corrected chi connectivity index (χ1v) is 7.48. The molecule has 0 aliphatic carbocycles. The zero-order chi connectivity index (χ0) is 18.4. The van der Waals surface area contributed by atoms with Gasteiger partial charge in [0.15, 0.2) is 11.3 Å². The second kappa shape index (κ2) is 7.92. The zero-order valence-electron chi connectivity index (χ0n) is 13.8. The minimum absolute atomic E-state index is 0.0833. The molecular formula is C19H17NO5. The zero-order valence-corrected chi connectivity index (χ0v) is 13.8. The number of ether oxygens (including phenoxy) is 1. The number of carbonyl (C=O) groups excluding carboxylic acids is 3. The van der Waals surface area contributed by atoms with Gasteiger partial charge in [-0.1, -0.05) is 42.5 Å². The number of esters is 1. The Bertz CT molecular complexity index is 815. The molecule has 1 heterocycles. The van der Waals surface area contributed by atoms with E-state index in [4.69, 9.17) is 0 Å². The molecule has 0 saturated heterocycles. The number of benzene rings is 1. The fourth-order valence-electron chi connectivity index (χ4n) is 2.23. The highest BCUT2D eigenvalue weighted by atomic mass is 16.5. The molecule has 6 nitrogen and oxygen atoms in total. The second-order valence-corrected chi connectivity index (χ2v) is 4.99. The average molecular weight is 339 g/mol. The molecule has 0 saturated carbocycles. The van der Waals surface area contributed by atoms with E-state index in [2.05, 4.69) is 4.74 Å². The highest BCUT2D eigenvalue weighted by Gasteiger charge is 2.43. The summed E-state index contributed by atoms with van der Waals surface area (Å²) >= 11 is 0. The molecule has 0 atom stereocenters. The van der Waals surface area contributed by atoms with E-state index < -0.39 is 29.1 Å². The van der Waals surface area contributed by atoms with Crippen LogP contribution in [0, 0.1) is 0 Å². The van der Waals surface area contributed by atoms with Crippen molar-refractivity contribution in [2.75, 3.05) is 7.11 Å². The number of amides is 2. The van der Waals surface area contributed by atoms with Crippen LogP contribution < -0.4 is 0 Å². The molecule has 0 bridgehead atoms. The van der Waals surface area contributed by atoms with Crippen molar-refractivity contribution in [3.8, 4) is 0 Å². The lowest BCUT2D eigenvalue weighted by molar-refractivity contribution is -0.138. The summed E-state index contributed by atoms with van der Waals surface area (Å²) in [7, 11) is 1.09. The Morgan fingerprint density at radius 2 is 1.80 bits per heavy atom. The predicted molar refractivity (Wildman–Crippen MR) is 91.3 cm³/mol. The molecule has 0 fully saturated rings. The third kappa shape index (κ3) is 3.58. The Morgan fingerprint density at radius 1 is 1.12 bits per heavy atom. The molecular weight excluding hydrogens is 322 g/mol. The predicted octanol–water partition coefficient (Wildman–Crippen LogP) is 2.67. The Balaban J connectivity index is 2.51. The summed E-state index contributed by atoms with van der Waals surface area (Å²) in [5.41, 5.74) is -0.407. The largest absolute Gasteiger partial charge is 0.505 e. The van der Waals surface area contributed by atoms with Gasteiger partial charge in [-0.25, -0.2) is 9.69 Å². The van der Waals surface area contributed by atoms with Crippen LogP contribution in [0.3, 0.4) is 0 Å². The lowest BCUT2D eigenvalue weighted by atomic mass is 10.2. The maximum absolute atomic E-state index is 12.7. The third-order valence-corrected chi connectivity index (χ3v) is 3.42. The number of nitrogens with zero attached hydrogens (tertiary/aromatic N) is 1. The maximum Gasteiger partial charge on any atom is 0.347 e. The minimum atomic E-state index is -1.01. The van der Waals surface area contributed by atoms with Gasteiger partial charge in [0.2, 0.25) is 0 Å². The van der Waals surface area contributed by atoms with Crippen LogP contribution in [0.25, 0.3) is 0 Å². The monoisotopic (exact) mass is 339 g/mol. The van der Waals surface area contributed by atoms with Crippen molar-refractivity contribution in [1.29, 1.82) is 0 Å². The molecule has 0 radical (unpaired) electrons. The van der Waals surface area contributed by atoms with Crippen molar-refractivity contribution >= 4 is 17.8 Å². The summed E-state index contributed by atoms with van der Waals surface area (Å²) in [6.07, 6.45) is 8.11. The molecule has 2 amide bonds. The molecule has 0 unspecified atom stereocenters. The van der Waals surface area contributed by atoms with Crippen molar-refractivity contribution < 1.29 is 24.2 Å². The number of aliphatic hydroxyl groups is 1. The summed E-state index contributed by atoms with van der Waals surface area (Å²) in [4.78, 5) is 37.8. The van der Waals surface area contributed by atoms with Crippen LogP contribution in [-0.2, 0) is 14.3 Å². The molecule has 128 valence electrons. The van der Waals surface area contributed by atoms with Gasteiger partial charge in [-0.15, -0.1) is 0 Å². The minimum Gasteiger partial charge on any atom is -0.505 e. The van der Waals surface area contributed by atoms with Gasteiger partial charge >= 0.3 is 5.97 Å². The number of hydrogen-bond acceptors (Lipinski definition) is 5. The van der Waals surface area contributed by atoms with E-state index in [1.807, 2.05) is 6.92 Å². The fraction of sp³-hybridized carbons (Fsp3) is 0.105. The molecule has 1 aromatic rings. The second-order valence-electron chi connectivity index (χ2n) is 4.99. The number of methoxy groups -OCH3 is 1. The molecule has 6 heteroatoms. The van der Waals surface area contributed by atoms with Gasteiger partial charge in [-0.3, -0.25) is 9.59 Å². The molecule has 2 rings (SSSR count).